The quantitative estimate of drug-likeness (QED) is 0.812. The van der Waals surface area contributed by atoms with Gasteiger partial charge in [0.15, 0.2) is 0 Å². The molecule has 5 nitrogen and oxygen atoms in total. The number of carbonyl (C=O) groups is 1. The Balaban J connectivity index is 1.91. The van der Waals surface area contributed by atoms with Gasteiger partial charge in [-0.25, -0.2) is 4.98 Å². The summed E-state index contributed by atoms with van der Waals surface area (Å²) in [5, 5.41) is 9.49. The number of rotatable bonds is 3. The summed E-state index contributed by atoms with van der Waals surface area (Å²) in [5.41, 5.74) is 0. The number of H-pyrrole nitrogens is 1. The highest BCUT2D eigenvalue weighted by Gasteiger charge is 2.24. The normalized spacial score (nSPS) is 18.6. The van der Waals surface area contributed by atoms with E-state index in [0.29, 0.717) is 11.7 Å². The van der Waals surface area contributed by atoms with E-state index in [4.69, 9.17) is 0 Å². The number of hydrogen-bond acceptors (Lipinski definition) is 3. The van der Waals surface area contributed by atoms with E-state index in [1.807, 2.05) is 0 Å². The second-order valence-electron chi connectivity index (χ2n) is 4.55. The van der Waals surface area contributed by atoms with Crippen LogP contribution in [0.2, 0.25) is 0 Å². The Bertz CT molecular complexity index is 368. The van der Waals surface area contributed by atoms with Gasteiger partial charge in [-0.3, -0.25) is 9.89 Å². The molecule has 0 aromatic carbocycles. The van der Waals surface area contributed by atoms with Crippen molar-refractivity contribution < 1.29 is 4.79 Å². The number of amides is 1. The molecule has 1 aromatic heterocycles. The molecule has 16 heavy (non-hydrogen) atoms. The molecule has 2 N–H and O–H groups in total. The van der Waals surface area contributed by atoms with Crippen LogP contribution in [0.25, 0.3) is 0 Å². The van der Waals surface area contributed by atoms with E-state index in [1.54, 1.807) is 6.92 Å². The molecular formula is C11H18N4O. The summed E-state index contributed by atoms with van der Waals surface area (Å²) in [6, 6.07) is 0.216. The zero-order valence-electron chi connectivity index (χ0n) is 9.79. The van der Waals surface area contributed by atoms with Gasteiger partial charge in [-0.15, -0.1) is 5.10 Å². The van der Waals surface area contributed by atoms with Crippen molar-refractivity contribution in [2.75, 3.05) is 0 Å². The van der Waals surface area contributed by atoms with E-state index in [-0.39, 0.29) is 17.8 Å². The number of nitrogens with one attached hydrogen (secondary N) is 2. The first-order valence-electron chi connectivity index (χ1n) is 5.86. The molecule has 1 amide bonds. The summed E-state index contributed by atoms with van der Waals surface area (Å²) < 4.78 is 0. The summed E-state index contributed by atoms with van der Waals surface area (Å²) in [4.78, 5) is 15.8. The largest absolute Gasteiger partial charge is 0.347 e. The fraction of sp³-hybridized carbons (Fsp3) is 0.727. The summed E-state index contributed by atoms with van der Waals surface area (Å²) in [6.45, 7) is 3.84. The Hall–Kier alpha value is -1.39. The van der Waals surface area contributed by atoms with E-state index in [0.717, 1.165) is 0 Å². The Morgan fingerprint density at radius 3 is 2.75 bits per heavy atom. The predicted molar refractivity (Wildman–Crippen MR) is 60.0 cm³/mol. The van der Waals surface area contributed by atoms with E-state index < -0.39 is 0 Å². The molecule has 0 aliphatic heterocycles. The maximum absolute atomic E-state index is 11.8. The van der Waals surface area contributed by atoms with Crippen molar-refractivity contribution in [2.24, 2.45) is 5.92 Å². The van der Waals surface area contributed by atoms with Gasteiger partial charge in [-0.2, -0.15) is 0 Å². The second kappa shape index (κ2) is 4.63. The van der Waals surface area contributed by atoms with Crippen LogP contribution in [0.1, 0.15) is 49.1 Å². The minimum Gasteiger partial charge on any atom is -0.347 e. The lowest BCUT2D eigenvalue weighted by molar-refractivity contribution is 0.0917. The highest BCUT2D eigenvalue weighted by Crippen LogP contribution is 2.27. The smallest absolute Gasteiger partial charge is 0.291 e. The van der Waals surface area contributed by atoms with Crippen molar-refractivity contribution in [2.45, 2.75) is 45.6 Å². The van der Waals surface area contributed by atoms with Crippen LogP contribution >= 0.6 is 0 Å². The minimum absolute atomic E-state index is 0.177. The van der Waals surface area contributed by atoms with Crippen molar-refractivity contribution in [1.82, 2.24) is 20.5 Å². The lowest BCUT2D eigenvalue weighted by Crippen LogP contribution is -2.37. The molecule has 0 bridgehead atoms. The zero-order valence-corrected chi connectivity index (χ0v) is 9.79. The second-order valence-corrected chi connectivity index (χ2v) is 4.55. The van der Waals surface area contributed by atoms with Gasteiger partial charge in [0.2, 0.25) is 5.82 Å². The van der Waals surface area contributed by atoms with Crippen LogP contribution in [-0.4, -0.2) is 27.1 Å². The van der Waals surface area contributed by atoms with Gasteiger partial charge >= 0.3 is 0 Å². The first-order chi connectivity index (χ1) is 7.66. The average Bonchev–Trinajstić information content (AvgIpc) is 2.87. The third-order valence-corrected chi connectivity index (χ3v) is 3.27. The first kappa shape index (κ1) is 11.1. The van der Waals surface area contributed by atoms with Crippen LogP contribution in [0.5, 0.6) is 0 Å². The average molecular weight is 222 g/mol. The van der Waals surface area contributed by atoms with Crippen molar-refractivity contribution in [3.8, 4) is 0 Å². The van der Waals surface area contributed by atoms with Gasteiger partial charge in [0.25, 0.3) is 5.91 Å². The monoisotopic (exact) mass is 222 g/mol. The Labute approximate surface area is 95.0 Å². The Kier molecular flexibility index (Phi) is 3.22. The number of hydrogen-bond donors (Lipinski definition) is 2. The highest BCUT2D eigenvalue weighted by atomic mass is 16.2. The molecule has 1 aliphatic rings. The van der Waals surface area contributed by atoms with Crippen LogP contribution in [0, 0.1) is 12.8 Å². The summed E-state index contributed by atoms with van der Waals surface area (Å²) in [6.07, 6.45) is 5.00. The van der Waals surface area contributed by atoms with Crippen LogP contribution in [0.15, 0.2) is 0 Å². The third-order valence-electron chi connectivity index (χ3n) is 3.27. The molecule has 2 rings (SSSR count). The minimum atomic E-state index is -0.177. The van der Waals surface area contributed by atoms with Crippen molar-refractivity contribution in [3.05, 3.63) is 11.6 Å². The number of carbonyl (C=O) groups excluding carboxylic acids is 1. The molecule has 1 heterocycles. The van der Waals surface area contributed by atoms with Crippen molar-refractivity contribution in [1.29, 1.82) is 0 Å². The first-order valence-corrected chi connectivity index (χ1v) is 5.86. The fourth-order valence-corrected chi connectivity index (χ4v) is 2.29. The van der Waals surface area contributed by atoms with E-state index in [1.165, 1.54) is 25.7 Å². The van der Waals surface area contributed by atoms with Crippen molar-refractivity contribution >= 4 is 5.91 Å². The zero-order chi connectivity index (χ0) is 11.5. The van der Waals surface area contributed by atoms with Gasteiger partial charge in [-0.1, -0.05) is 12.8 Å². The molecule has 0 spiro atoms. The molecule has 1 atom stereocenters. The molecule has 1 aromatic rings. The third kappa shape index (κ3) is 2.40. The molecule has 1 unspecified atom stereocenters. The summed E-state index contributed by atoms with van der Waals surface area (Å²) in [7, 11) is 0. The van der Waals surface area contributed by atoms with Gasteiger partial charge in [0, 0.05) is 6.04 Å². The van der Waals surface area contributed by atoms with Crippen molar-refractivity contribution in [3.63, 3.8) is 0 Å². The predicted octanol–water partition coefficient (Wildman–Crippen LogP) is 1.42. The molecule has 1 fully saturated rings. The fourth-order valence-electron chi connectivity index (χ4n) is 2.29. The number of aryl methyl sites for hydroxylation is 1. The number of aromatic amines is 1. The van der Waals surface area contributed by atoms with Crippen LogP contribution in [-0.2, 0) is 0 Å². The van der Waals surface area contributed by atoms with E-state index in [9.17, 15) is 4.79 Å². The van der Waals surface area contributed by atoms with Gasteiger partial charge in [0.05, 0.1) is 0 Å². The van der Waals surface area contributed by atoms with Gasteiger partial charge in [0.1, 0.15) is 5.82 Å². The molecule has 1 saturated carbocycles. The lowest BCUT2D eigenvalue weighted by atomic mass is 10.00. The highest BCUT2D eigenvalue weighted by molar-refractivity contribution is 5.90. The molecule has 0 saturated heterocycles. The molecule has 5 heteroatoms. The standard InChI is InChI=1S/C11H18N4O/c1-7(9-5-3-4-6-9)12-11(16)10-13-8(2)14-15-10/h7,9H,3-6H2,1-2H3,(H,12,16)(H,13,14,15). The topological polar surface area (TPSA) is 70.7 Å². The summed E-state index contributed by atoms with van der Waals surface area (Å²) >= 11 is 0. The molecular weight excluding hydrogens is 204 g/mol. The van der Waals surface area contributed by atoms with Crippen LogP contribution < -0.4 is 5.32 Å². The maximum Gasteiger partial charge on any atom is 0.291 e. The molecule has 1 aliphatic carbocycles. The number of aromatic nitrogens is 3. The number of nitrogens with zero attached hydrogens (tertiary/aromatic N) is 2. The SMILES string of the molecule is Cc1nc(C(=O)NC(C)C2CCCC2)n[nH]1. The van der Waals surface area contributed by atoms with Crippen LogP contribution in [0.4, 0.5) is 0 Å². The Morgan fingerprint density at radius 2 is 2.19 bits per heavy atom. The van der Waals surface area contributed by atoms with Gasteiger partial charge < -0.3 is 5.32 Å². The summed E-state index contributed by atoms with van der Waals surface area (Å²) in [5.74, 6) is 1.34. The van der Waals surface area contributed by atoms with Gasteiger partial charge in [-0.05, 0) is 32.6 Å². The van der Waals surface area contributed by atoms with Crippen LogP contribution in [0.3, 0.4) is 0 Å². The maximum atomic E-state index is 11.8. The van der Waals surface area contributed by atoms with E-state index >= 15 is 0 Å². The molecule has 0 radical (unpaired) electrons. The Morgan fingerprint density at radius 1 is 1.50 bits per heavy atom. The molecule has 88 valence electrons. The lowest BCUT2D eigenvalue weighted by Gasteiger charge is -2.19. The van der Waals surface area contributed by atoms with E-state index in [2.05, 4.69) is 27.4 Å².